The van der Waals surface area contributed by atoms with Crippen LogP contribution in [0.4, 0.5) is 0 Å². The first kappa shape index (κ1) is 14.3. The molecular weight excluding hydrogens is 240 g/mol. The van der Waals surface area contributed by atoms with Crippen molar-refractivity contribution in [2.45, 2.75) is 31.8 Å². The zero-order valence-electron chi connectivity index (χ0n) is 9.85. The maximum absolute atomic E-state index is 11.4. The average Bonchev–Trinajstić information content (AvgIpc) is 2.67. The second kappa shape index (κ2) is 7.55. The van der Waals surface area contributed by atoms with Gasteiger partial charge in [-0.1, -0.05) is 6.42 Å². The molecule has 4 N–H and O–H groups in total. The number of hydrogen-bond acceptors (Lipinski definition) is 4. The van der Waals surface area contributed by atoms with E-state index in [-0.39, 0.29) is 29.6 Å². The van der Waals surface area contributed by atoms with Crippen molar-refractivity contribution in [2.75, 3.05) is 18.1 Å². The van der Waals surface area contributed by atoms with Crippen molar-refractivity contribution in [2.24, 2.45) is 11.7 Å². The lowest BCUT2D eigenvalue weighted by Crippen LogP contribution is -2.32. The molecule has 17 heavy (non-hydrogen) atoms. The summed E-state index contributed by atoms with van der Waals surface area (Å²) in [5.41, 5.74) is 4.98. The van der Waals surface area contributed by atoms with Gasteiger partial charge in [-0.25, -0.2) is 0 Å². The van der Waals surface area contributed by atoms with Gasteiger partial charge in [0.25, 0.3) is 0 Å². The normalized spacial score (nSPS) is 23.6. The molecule has 5 nitrogen and oxygen atoms in total. The highest BCUT2D eigenvalue weighted by Gasteiger charge is 2.25. The number of thioether (sulfide) groups is 1. The molecule has 0 radical (unpaired) electrons. The Hall–Kier alpha value is -0.750. The molecule has 2 amide bonds. The Morgan fingerprint density at radius 1 is 1.41 bits per heavy atom. The highest BCUT2D eigenvalue weighted by Crippen LogP contribution is 2.24. The van der Waals surface area contributed by atoms with Gasteiger partial charge in [-0.05, 0) is 12.8 Å². The summed E-state index contributed by atoms with van der Waals surface area (Å²) in [6.07, 6.45) is 2.99. The number of aliphatic hydroxyl groups is 1. The quantitative estimate of drug-likeness (QED) is 0.556. The second-order valence-electron chi connectivity index (χ2n) is 4.33. The molecule has 0 heterocycles. The molecule has 98 valence electrons. The number of amides is 2. The minimum absolute atomic E-state index is 0.0268. The summed E-state index contributed by atoms with van der Waals surface area (Å²) in [6, 6.07) is 0. The van der Waals surface area contributed by atoms with Crippen LogP contribution in [0.25, 0.3) is 0 Å². The summed E-state index contributed by atoms with van der Waals surface area (Å²) in [5.74, 6) is 0.680. The Kier molecular flexibility index (Phi) is 6.36. The van der Waals surface area contributed by atoms with Crippen molar-refractivity contribution >= 4 is 23.6 Å². The summed E-state index contributed by atoms with van der Waals surface area (Å²) in [7, 11) is 0. The summed E-state index contributed by atoms with van der Waals surface area (Å²) < 4.78 is 0. The topological polar surface area (TPSA) is 92.4 Å². The van der Waals surface area contributed by atoms with Crippen LogP contribution in [0, 0.1) is 5.92 Å². The summed E-state index contributed by atoms with van der Waals surface area (Å²) in [5, 5.41) is 12.4. The van der Waals surface area contributed by atoms with Gasteiger partial charge in [0, 0.05) is 24.6 Å². The largest absolute Gasteiger partial charge is 0.393 e. The van der Waals surface area contributed by atoms with Crippen LogP contribution < -0.4 is 11.1 Å². The fraction of sp³-hybridized carbons (Fsp3) is 0.818. The van der Waals surface area contributed by atoms with Gasteiger partial charge in [0.2, 0.25) is 11.8 Å². The van der Waals surface area contributed by atoms with Crippen LogP contribution >= 0.6 is 11.8 Å². The van der Waals surface area contributed by atoms with Crippen molar-refractivity contribution in [3.8, 4) is 0 Å². The van der Waals surface area contributed by atoms with E-state index in [2.05, 4.69) is 5.32 Å². The first-order valence-electron chi connectivity index (χ1n) is 5.90. The fourth-order valence-electron chi connectivity index (χ4n) is 1.93. The van der Waals surface area contributed by atoms with Crippen molar-refractivity contribution in [1.29, 1.82) is 0 Å². The number of carbonyl (C=O) groups excluding carboxylic acids is 2. The number of aliphatic hydroxyl groups excluding tert-OH is 1. The van der Waals surface area contributed by atoms with Gasteiger partial charge in [-0.15, -0.1) is 0 Å². The predicted molar refractivity (Wildman–Crippen MR) is 67.5 cm³/mol. The van der Waals surface area contributed by atoms with E-state index in [9.17, 15) is 14.7 Å². The van der Waals surface area contributed by atoms with Gasteiger partial charge in [0.1, 0.15) is 0 Å². The minimum atomic E-state index is -0.357. The molecule has 2 unspecified atom stereocenters. The molecular formula is C11H20N2O3S. The number of nitrogens with two attached hydrogens (primary N) is 1. The molecule has 0 spiro atoms. The van der Waals surface area contributed by atoms with E-state index < -0.39 is 0 Å². The van der Waals surface area contributed by atoms with Crippen LogP contribution in [0.15, 0.2) is 0 Å². The van der Waals surface area contributed by atoms with E-state index in [0.29, 0.717) is 18.7 Å². The van der Waals surface area contributed by atoms with Crippen LogP contribution in [-0.4, -0.2) is 41.1 Å². The molecule has 0 saturated heterocycles. The molecule has 0 aromatic carbocycles. The lowest BCUT2D eigenvalue weighted by atomic mass is 10.1. The zero-order valence-corrected chi connectivity index (χ0v) is 10.7. The maximum Gasteiger partial charge on any atom is 0.227 e. The van der Waals surface area contributed by atoms with Crippen LogP contribution in [0.5, 0.6) is 0 Å². The summed E-state index contributed by atoms with van der Waals surface area (Å²) in [6.45, 7) is 0.556. The maximum atomic E-state index is 11.4. The number of carbonyl (C=O) groups is 2. The molecule has 1 saturated carbocycles. The van der Waals surface area contributed by atoms with Gasteiger partial charge in [-0.2, -0.15) is 11.8 Å². The summed E-state index contributed by atoms with van der Waals surface area (Å²) >= 11 is 1.36. The average molecular weight is 260 g/mol. The molecule has 1 fully saturated rings. The standard InChI is InChI=1S/C11H20N2O3S/c12-10(15)7-17-5-4-11(16)13-6-8-2-1-3-9(8)14/h8-9,14H,1-7H2,(H2,12,15)(H,13,16). The number of hydrogen-bond donors (Lipinski definition) is 3. The Bertz CT molecular complexity index is 273. The monoisotopic (exact) mass is 260 g/mol. The Labute approximate surface area is 106 Å². The van der Waals surface area contributed by atoms with E-state index >= 15 is 0 Å². The third kappa shape index (κ3) is 5.93. The minimum Gasteiger partial charge on any atom is -0.393 e. The first-order valence-corrected chi connectivity index (χ1v) is 7.06. The smallest absolute Gasteiger partial charge is 0.227 e. The summed E-state index contributed by atoms with van der Waals surface area (Å²) in [4.78, 5) is 21.9. The molecule has 0 aromatic heterocycles. The predicted octanol–water partition coefficient (Wildman–Crippen LogP) is -0.128. The van der Waals surface area contributed by atoms with Crippen molar-refractivity contribution in [1.82, 2.24) is 5.32 Å². The third-order valence-electron chi connectivity index (χ3n) is 2.90. The van der Waals surface area contributed by atoms with Crippen molar-refractivity contribution < 1.29 is 14.7 Å². The van der Waals surface area contributed by atoms with Gasteiger partial charge in [-0.3, -0.25) is 9.59 Å². The van der Waals surface area contributed by atoms with E-state index in [0.717, 1.165) is 19.3 Å². The molecule has 2 atom stereocenters. The Morgan fingerprint density at radius 2 is 2.18 bits per heavy atom. The van der Waals surface area contributed by atoms with Crippen LogP contribution in [0.1, 0.15) is 25.7 Å². The van der Waals surface area contributed by atoms with Crippen molar-refractivity contribution in [3.63, 3.8) is 0 Å². The highest BCUT2D eigenvalue weighted by atomic mass is 32.2. The molecule has 1 rings (SSSR count). The lowest BCUT2D eigenvalue weighted by molar-refractivity contribution is -0.121. The van der Waals surface area contributed by atoms with E-state index in [1.165, 1.54) is 11.8 Å². The first-order chi connectivity index (χ1) is 8.09. The van der Waals surface area contributed by atoms with E-state index in [4.69, 9.17) is 5.73 Å². The second-order valence-corrected chi connectivity index (χ2v) is 5.44. The van der Waals surface area contributed by atoms with Crippen LogP contribution in [0.2, 0.25) is 0 Å². The van der Waals surface area contributed by atoms with Crippen molar-refractivity contribution in [3.05, 3.63) is 0 Å². The van der Waals surface area contributed by atoms with Gasteiger partial charge < -0.3 is 16.2 Å². The number of nitrogens with one attached hydrogen (secondary N) is 1. The van der Waals surface area contributed by atoms with Gasteiger partial charge in [0.05, 0.1) is 11.9 Å². The van der Waals surface area contributed by atoms with Crippen LogP contribution in [-0.2, 0) is 9.59 Å². The molecule has 1 aliphatic rings. The van der Waals surface area contributed by atoms with Gasteiger partial charge >= 0.3 is 0 Å². The lowest BCUT2D eigenvalue weighted by Gasteiger charge is -2.14. The highest BCUT2D eigenvalue weighted by molar-refractivity contribution is 7.99. The molecule has 0 bridgehead atoms. The van der Waals surface area contributed by atoms with E-state index in [1.54, 1.807) is 0 Å². The van der Waals surface area contributed by atoms with Gasteiger partial charge in [0.15, 0.2) is 0 Å². The molecule has 6 heteroatoms. The fourth-order valence-corrected chi connectivity index (χ4v) is 2.60. The molecule has 0 aromatic rings. The molecule has 0 aliphatic heterocycles. The van der Waals surface area contributed by atoms with Crippen LogP contribution in [0.3, 0.4) is 0 Å². The zero-order chi connectivity index (χ0) is 12.7. The third-order valence-corrected chi connectivity index (χ3v) is 3.88. The number of rotatable bonds is 7. The Morgan fingerprint density at radius 3 is 2.76 bits per heavy atom. The van der Waals surface area contributed by atoms with E-state index in [1.807, 2.05) is 0 Å². The SMILES string of the molecule is NC(=O)CSCCC(=O)NCC1CCCC1O. The number of primary amides is 1. The Balaban J connectivity index is 2.03. The molecule has 1 aliphatic carbocycles.